The molecule has 0 radical (unpaired) electrons. The first-order valence-electron chi connectivity index (χ1n) is 12.1. The van der Waals surface area contributed by atoms with Crippen LogP contribution in [-0.2, 0) is 14.4 Å². The second kappa shape index (κ2) is 11.5. The van der Waals surface area contributed by atoms with Crippen LogP contribution < -0.4 is 20.9 Å². The van der Waals surface area contributed by atoms with Gasteiger partial charge in [0.1, 0.15) is 17.4 Å². The van der Waals surface area contributed by atoms with Crippen molar-refractivity contribution < 1.29 is 23.9 Å². The first-order chi connectivity index (χ1) is 17.3. The van der Waals surface area contributed by atoms with Crippen LogP contribution >= 0.6 is 11.3 Å². The molecule has 1 atom stereocenters. The second-order valence-electron chi connectivity index (χ2n) is 9.19. The van der Waals surface area contributed by atoms with Crippen molar-refractivity contribution in [3.05, 3.63) is 45.4 Å². The number of aryl methyl sites for hydroxylation is 2. The molecule has 1 aromatic heterocycles. The minimum absolute atomic E-state index is 0.00295. The number of carbonyl (C=O) groups is 4. The van der Waals surface area contributed by atoms with Gasteiger partial charge in [-0.15, -0.1) is 11.3 Å². The smallest absolute Gasteiger partial charge is 0.289 e. The number of amides is 4. The van der Waals surface area contributed by atoms with Gasteiger partial charge in [0.2, 0.25) is 5.91 Å². The number of ether oxygens (including phenoxy) is 1. The number of nitrogens with zero attached hydrogens (tertiary/aromatic N) is 2. The van der Waals surface area contributed by atoms with Gasteiger partial charge in [0.05, 0.1) is 5.01 Å². The summed E-state index contributed by atoms with van der Waals surface area (Å²) in [6, 6.07) is 5.78. The molecule has 0 spiro atoms. The third-order valence-corrected chi connectivity index (χ3v) is 7.70. The molecule has 4 rings (SSSR count). The second-order valence-corrected chi connectivity index (χ2v) is 10.1. The normalized spacial score (nSPS) is 18.3. The number of nitrogens with one attached hydrogen (secondary N) is 3. The van der Waals surface area contributed by atoms with Crippen molar-refractivity contribution in [2.45, 2.75) is 45.4 Å². The van der Waals surface area contributed by atoms with Crippen LogP contribution in [0, 0.1) is 19.8 Å². The summed E-state index contributed by atoms with van der Waals surface area (Å²) in [5.74, 6) is -1.40. The van der Waals surface area contributed by atoms with Crippen LogP contribution in [0.3, 0.4) is 0 Å². The highest BCUT2D eigenvalue weighted by molar-refractivity contribution is 7.09. The van der Waals surface area contributed by atoms with Crippen molar-refractivity contribution in [1.82, 2.24) is 26.1 Å². The summed E-state index contributed by atoms with van der Waals surface area (Å²) < 4.78 is 5.68. The lowest BCUT2D eigenvalue weighted by Crippen LogP contribution is -2.50. The Morgan fingerprint density at radius 2 is 1.92 bits per heavy atom. The van der Waals surface area contributed by atoms with Crippen LogP contribution in [0.2, 0.25) is 0 Å². The average Bonchev–Trinajstić information content (AvgIpc) is 3.38. The van der Waals surface area contributed by atoms with E-state index < -0.39 is 17.7 Å². The number of hydrogen-bond donors (Lipinski definition) is 3. The zero-order valence-corrected chi connectivity index (χ0v) is 21.3. The van der Waals surface area contributed by atoms with Crippen molar-refractivity contribution in [1.29, 1.82) is 0 Å². The van der Waals surface area contributed by atoms with E-state index in [4.69, 9.17) is 4.74 Å². The van der Waals surface area contributed by atoms with Gasteiger partial charge in [-0.25, -0.2) is 4.98 Å². The lowest BCUT2D eigenvalue weighted by Gasteiger charge is -2.31. The third kappa shape index (κ3) is 6.20. The number of aromatic nitrogens is 1. The number of piperidine rings is 2. The molecule has 3 heterocycles. The van der Waals surface area contributed by atoms with Gasteiger partial charge in [-0.3, -0.25) is 30.0 Å². The summed E-state index contributed by atoms with van der Waals surface area (Å²) in [5.41, 5.74) is 7.19. The fourth-order valence-corrected chi connectivity index (χ4v) is 5.26. The van der Waals surface area contributed by atoms with E-state index in [1.54, 1.807) is 10.3 Å². The molecule has 2 aliphatic heterocycles. The number of benzene rings is 1. The molecule has 36 heavy (non-hydrogen) atoms. The summed E-state index contributed by atoms with van der Waals surface area (Å²) in [5, 5.41) is 5.13. The molecule has 0 saturated carbocycles. The topological polar surface area (TPSA) is 130 Å². The minimum atomic E-state index is -0.802. The first kappa shape index (κ1) is 25.6. The lowest BCUT2D eigenvalue weighted by atomic mass is 9.97. The number of likely N-dealkylation sites (tertiary alicyclic amines) is 1. The zero-order chi connectivity index (χ0) is 25.7. The lowest BCUT2D eigenvalue weighted by molar-refractivity contribution is -0.137. The van der Waals surface area contributed by atoms with Crippen molar-refractivity contribution >= 4 is 35.0 Å². The van der Waals surface area contributed by atoms with Gasteiger partial charge >= 0.3 is 0 Å². The zero-order valence-electron chi connectivity index (χ0n) is 20.5. The Morgan fingerprint density at radius 3 is 2.64 bits per heavy atom. The van der Waals surface area contributed by atoms with E-state index in [1.165, 1.54) is 16.9 Å². The Labute approximate surface area is 213 Å². The quantitative estimate of drug-likeness (QED) is 0.399. The van der Waals surface area contributed by atoms with Crippen LogP contribution in [0.15, 0.2) is 23.6 Å². The van der Waals surface area contributed by atoms with E-state index in [-0.39, 0.29) is 30.0 Å². The van der Waals surface area contributed by atoms with E-state index in [0.717, 1.165) is 29.8 Å². The van der Waals surface area contributed by atoms with Crippen molar-refractivity contribution in [3.8, 4) is 5.75 Å². The predicted octanol–water partition coefficient (Wildman–Crippen LogP) is 1.83. The molecule has 2 aliphatic rings. The van der Waals surface area contributed by atoms with Crippen LogP contribution in [-0.4, -0.2) is 59.8 Å². The molecule has 0 bridgehead atoms. The summed E-state index contributed by atoms with van der Waals surface area (Å²) >= 11 is 1.39. The maximum atomic E-state index is 12.6. The Bertz CT molecular complexity index is 1140. The van der Waals surface area contributed by atoms with E-state index >= 15 is 0 Å². The maximum Gasteiger partial charge on any atom is 0.289 e. The van der Waals surface area contributed by atoms with Crippen molar-refractivity contribution in [2.75, 3.05) is 26.2 Å². The van der Waals surface area contributed by atoms with Gasteiger partial charge in [0, 0.05) is 30.9 Å². The number of hydrazine groups is 1. The molecule has 2 aromatic rings. The summed E-state index contributed by atoms with van der Waals surface area (Å²) in [6.07, 6.45) is 2.67. The molecule has 192 valence electrons. The highest BCUT2D eigenvalue weighted by atomic mass is 32.1. The molecular formula is C25H31N5O5S. The molecule has 1 unspecified atom stereocenters. The Hall–Kier alpha value is -3.47. The molecule has 2 saturated heterocycles. The molecule has 10 nitrogen and oxygen atoms in total. The Morgan fingerprint density at radius 1 is 1.14 bits per heavy atom. The van der Waals surface area contributed by atoms with Gasteiger partial charge < -0.3 is 15.0 Å². The maximum absolute atomic E-state index is 12.6. The minimum Gasteiger partial charge on any atom is -0.484 e. The standard InChI is InChI=1S/C25H31N5O5S/c1-15-5-6-18(12-16(15)2)35-13-21(31)30-10-7-17(8-11-30)25-27-20(14-36-25)24(34)29-28-23(33)19-4-3-9-26-22(19)32/h5-6,12,14,17,19H,3-4,7-11,13H2,1-2H3,(H,26,32)(H,28,33)(H,29,34). The highest BCUT2D eigenvalue weighted by Gasteiger charge is 2.30. The first-order valence-corrected chi connectivity index (χ1v) is 13.0. The fraction of sp³-hybridized carbons (Fsp3) is 0.480. The van der Waals surface area contributed by atoms with Gasteiger partial charge in [-0.1, -0.05) is 6.07 Å². The van der Waals surface area contributed by atoms with Crippen molar-refractivity contribution in [2.24, 2.45) is 5.92 Å². The van der Waals surface area contributed by atoms with Gasteiger partial charge in [0.25, 0.3) is 17.7 Å². The van der Waals surface area contributed by atoms with Crippen molar-refractivity contribution in [3.63, 3.8) is 0 Å². The number of hydrogen-bond acceptors (Lipinski definition) is 7. The molecule has 2 fully saturated rings. The van der Waals surface area contributed by atoms with E-state index in [2.05, 4.69) is 21.2 Å². The number of thiazole rings is 1. The van der Waals surface area contributed by atoms with Crippen LogP contribution in [0.25, 0.3) is 0 Å². The summed E-state index contributed by atoms with van der Waals surface area (Å²) in [7, 11) is 0. The van der Waals surface area contributed by atoms with E-state index in [0.29, 0.717) is 31.8 Å². The fourth-order valence-electron chi connectivity index (χ4n) is 4.29. The number of rotatable bonds is 6. The average molecular weight is 514 g/mol. The Balaban J connectivity index is 1.22. The van der Waals surface area contributed by atoms with E-state index in [9.17, 15) is 19.2 Å². The monoisotopic (exact) mass is 513 g/mol. The van der Waals surface area contributed by atoms with Crippen LogP contribution in [0.4, 0.5) is 0 Å². The largest absolute Gasteiger partial charge is 0.484 e. The molecule has 4 amide bonds. The highest BCUT2D eigenvalue weighted by Crippen LogP contribution is 2.30. The number of carbonyl (C=O) groups excluding carboxylic acids is 4. The third-order valence-electron chi connectivity index (χ3n) is 6.69. The van der Waals surface area contributed by atoms with Gasteiger partial charge in [-0.05, 0) is 62.8 Å². The van der Waals surface area contributed by atoms with E-state index in [1.807, 2.05) is 32.0 Å². The molecule has 1 aromatic carbocycles. The van der Waals surface area contributed by atoms with Crippen LogP contribution in [0.5, 0.6) is 5.75 Å². The van der Waals surface area contributed by atoms with Gasteiger partial charge in [0.15, 0.2) is 6.61 Å². The molecule has 0 aliphatic carbocycles. The summed E-state index contributed by atoms with van der Waals surface area (Å²) in [6.45, 7) is 5.80. The molecular weight excluding hydrogens is 482 g/mol. The molecule has 11 heteroatoms. The predicted molar refractivity (Wildman–Crippen MR) is 133 cm³/mol. The van der Waals surface area contributed by atoms with Gasteiger partial charge in [-0.2, -0.15) is 0 Å². The summed E-state index contributed by atoms with van der Waals surface area (Å²) in [4.78, 5) is 55.3. The SMILES string of the molecule is Cc1ccc(OCC(=O)N2CCC(c3nc(C(=O)NNC(=O)C4CCCNC4=O)cs3)CC2)cc1C. The van der Waals surface area contributed by atoms with Crippen LogP contribution in [0.1, 0.15) is 58.2 Å². The molecule has 3 N–H and O–H groups in total. The Kier molecular flexibility index (Phi) is 8.19.